The molecule has 0 aliphatic rings. The van der Waals surface area contributed by atoms with Crippen LogP contribution in [-0.4, -0.2) is 73.4 Å². The zero-order valence-electron chi connectivity index (χ0n) is 36.7. The minimum absolute atomic E-state index is 0.0776. The third kappa shape index (κ3) is 39.7. The lowest BCUT2D eigenvalue weighted by molar-refractivity contribution is -0.870. The monoisotopic (exact) mass is 790 g/mol. The molecule has 0 rings (SSSR count). The average Bonchev–Trinajstić information content (AvgIpc) is 3.12. The van der Waals surface area contributed by atoms with Gasteiger partial charge in [0.15, 0.2) is 0 Å². The molecule has 324 valence electrons. The molecule has 0 saturated heterocycles. The number of aliphatic hydroxyl groups excluding tert-OH is 1. The Hall–Kier alpha value is -0.500. The number of phosphoric ester groups is 1. The van der Waals surface area contributed by atoms with E-state index in [1.54, 1.807) is 0 Å². The number of amides is 1. The van der Waals surface area contributed by atoms with Gasteiger partial charge >= 0.3 is 7.82 Å². The molecule has 0 aromatic carbocycles. The van der Waals surface area contributed by atoms with Crippen molar-refractivity contribution < 1.29 is 32.9 Å². The van der Waals surface area contributed by atoms with Crippen LogP contribution in [0.1, 0.15) is 232 Å². The molecule has 1 amide bonds. The van der Waals surface area contributed by atoms with E-state index in [4.69, 9.17) is 9.05 Å². The Balaban J connectivity index is 3.92. The summed E-state index contributed by atoms with van der Waals surface area (Å²) in [6.07, 6.45) is 41.8. The van der Waals surface area contributed by atoms with Gasteiger partial charge in [-0.1, -0.05) is 213 Å². The Bertz CT molecular complexity index is 855. The van der Waals surface area contributed by atoms with Gasteiger partial charge in [0.05, 0.1) is 39.9 Å². The molecule has 0 fully saturated rings. The maximum Gasteiger partial charge on any atom is 0.472 e. The number of nitrogens with one attached hydrogen (secondary N) is 1. The number of carbonyl (C=O) groups excluding carboxylic acids is 1. The summed E-state index contributed by atoms with van der Waals surface area (Å²) in [5.41, 5.74) is 0. The van der Waals surface area contributed by atoms with Crippen molar-refractivity contribution in [2.75, 3.05) is 40.9 Å². The van der Waals surface area contributed by atoms with Gasteiger partial charge in [0, 0.05) is 6.42 Å². The fourth-order valence-electron chi connectivity index (χ4n) is 7.11. The van der Waals surface area contributed by atoms with E-state index >= 15 is 0 Å². The molecule has 0 spiro atoms. The molecule has 9 heteroatoms. The Morgan fingerprint density at radius 2 is 0.889 bits per heavy atom. The molecule has 3 unspecified atom stereocenters. The number of hydrogen-bond donors (Lipinski definition) is 3. The summed E-state index contributed by atoms with van der Waals surface area (Å²) in [5, 5.41) is 13.8. The average molecular weight is 790 g/mol. The molecule has 0 aromatic rings. The quantitative estimate of drug-likeness (QED) is 0.0323. The van der Waals surface area contributed by atoms with Gasteiger partial charge in [-0.15, -0.1) is 0 Å². The molecule has 0 bridgehead atoms. The van der Waals surface area contributed by atoms with E-state index in [0.29, 0.717) is 23.9 Å². The normalized spacial score (nSPS) is 14.3. The Morgan fingerprint density at radius 1 is 0.556 bits per heavy atom. The minimum atomic E-state index is -4.29. The number of rotatable bonds is 43. The van der Waals surface area contributed by atoms with Crippen LogP contribution in [0.2, 0.25) is 0 Å². The summed E-state index contributed by atoms with van der Waals surface area (Å²) in [6, 6.07) is -0.750. The fraction of sp³-hybridized carbons (Fsp3) is 0.978. The van der Waals surface area contributed by atoms with Gasteiger partial charge in [-0.2, -0.15) is 0 Å². The van der Waals surface area contributed by atoms with Gasteiger partial charge in [-0.3, -0.25) is 13.8 Å². The zero-order valence-corrected chi connectivity index (χ0v) is 37.6. The largest absolute Gasteiger partial charge is 0.472 e. The molecule has 0 saturated carbocycles. The Kier molecular flexibility index (Phi) is 37.7. The van der Waals surface area contributed by atoms with E-state index in [0.717, 1.165) is 38.5 Å². The van der Waals surface area contributed by atoms with Gasteiger partial charge in [0.1, 0.15) is 13.2 Å². The molecule has 0 heterocycles. The molecule has 3 atom stereocenters. The number of phosphoric acid groups is 1. The third-order valence-electron chi connectivity index (χ3n) is 10.9. The second-order valence-electron chi connectivity index (χ2n) is 17.5. The van der Waals surface area contributed by atoms with Crippen LogP contribution in [0.5, 0.6) is 0 Å². The highest BCUT2D eigenvalue weighted by Gasteiger charge is 2.28. The van der Waals surface area contributed by atoms with Gasteiger partial charge in [-0.25, -0.2) is 4.57 Å². The summed E-state index contributed by atoms with van der Waals surface area (Å²) in [6.45, 7) is 4.84. The molecule has 54 heavy (non-hydrogen) atoms. The van der Waals surface area contributed by atoms with Gasteiger partial charge in [0.25, 0.3) is 0 Å². The number of nitrogens with zero attached hydrogens (tertiary/aromatic N) is 1. The first-order chi connectivity index (χ1) is 26.0. The highest BCUT2D eigenvalue weighted by atomic mass is 31.2. The van der Waals surface area contributed by atoms with Crippen LogP contribution in [0, 0.1) is 0 Å². The van der Waals surface area contributed by atoms with Crippen LogP contribution >= 0.6 is 7.82 Å². The van der Waals surface area contributed by atoms with Crippen molar-refractivity contribution in [1.82, 2.24) is 5.32 Å². The van der Waals surface area contributed by atoms with Crippen LogP contribution in [0.3, 0.4) is 0 Å². The predicted octanol–water partition coefficient (Wildman–Crippen LogP) is 13.0. The molecule has 8 nitrogen and oxygen atoms in total. The SMILES string of the molecule is CCCCCCCCCCCCCCCCCCCCCCCCCCCCC(=O)NC(COP(=O)(O)OCC[N+](C)(C)C)C(O)CCCCCCCC. The summed E-state index contributed by atoms with van der Waals surface area (Å²) in [5.74, 6) is -0.145. The molecular weight excluding hydrogens is 695 g/mol. The van der Waals surface area contributed by atoms with Crippen molar-refractivity contribution in [2.45, 2.75) is 244 Å². The first-order valence-electron chi connectivity index (χ1n) is 23.4. The molecule has 0 radical (unpaired) electrons. The van der Waals surface area contributed by atoms with Crippen molar-refractivity contribution >= 4 is 13.7 Å². The topological polar surface area (TPSA) is 105 Å². The zero-order chi connectivity index (χ0) is 40.0. The molecular formula is C45H94N2O6P+. The predicted molar refractivity (Wildman–Crippen MR) is 231 cm³/mol. The smallest absolute Gasteiger partial charge is 0.391 e. The van der Waals surface area contributed by atoms with Crippen LogP contribution < -0.4 is 5.32 Å². The highest BCUT2D eigenvalue weighted by Crippen LogP contribution is 2.43. The first-order valence-corrected chi connectivity index (χ1v) is 24.9. The van der Waals surface area contributed by atoms with Crippen LogP contribution in [0.25, 0.3) is 0 Å². The third-order valence-corrected chi connectivity index (χ3v) is 11.8. The summed E-state index contributed by atoms with van der Waals surface area (Å²) >= 11 is 0. The van der Waals surface area contributed by atoms with Gasteiger partial charge < -0.3 is 19.8 Å². The number of carbonyl (C=O) groups is 1. The summed E-state index contributed by atoms with van der Waals surface area (Å²) in [7, 11) is 1.62. The van der Waals surface area contributed by atoms with Crippen molar-refractivity contribution in [1.29, 1.82) is 0 Å². The lowest BCUT2D eigenvalue weighted by atomic mass is 10.0. The standard InChI is InChI=1S/C45H93N2O6P/c1-6-8-10-12-14-15-16-17-18-19-20-21-22-23-24-25-26-27-28-29-30-31-32-33-35-37-39-45(49)46-43(44(48)38-36-34-13-11-9-7-2)42-53-54(50,51)52-41-40-47(3,4)5/h43-44,48H,6-42H2,1-5H3,(H-,46,49,50,51)/p+1. The van der Waals surface area contributed by atoms with Gasteiger partial charge in [0.2, 0.25) is 5.91 Å². The van der Waals surface area contributed by atoms with E-state index in [1.165, 1.54) is 167 Å². The number of unbranched alkanes of at least 4 members (excludes halogenated alkanes) is 30. The number of hydrogen-bond acceptors (Lipinski definition) is 5. The lowest BCUT2D eigenvalue weighted by Crippen LogP contribution is -2.46. The van der Waals surface area contributed by atoms with Crippen LogP contribution in [0.4, 0.5) is 0 Å². The van der Waals surface area contributed by atoms with E-state index < -0.39 is 20.0 Å². The molecule has 0 aliphatic carbocycles. The minimum Gasteiger partial charge on any atom is -0.391 e. The van der Waals surface area contributed by atoms with Crippen molar-refractivity contribution in [2.24, 2.45) is 0 Å². The molecule has 0 aliphatic heterocycles. The van der Waals surface area contributed by atoms with Crippen molar-refractivity contribution in [3.8, 4) is 0 Å². The Morgan fingerprint density at radius 3 is 1.24 bits per heavy atom. The lowest BCUT2D eigenvalue weighted by Gasteiger charge is -2.26. The van der Waals surface area contributed by atoms with Gasteiger partial charge in [-0.05, 0) is 12.8 Å². The van der Waals surface area contributed by atoms with E-state index in [1.807, 2.05) is 21.1 Å². The van der Waals surface area contributed by atoms with Crippen molar-refractivity contribution in [3.63, 3.8) is 0 Å². The number of quaternary nitrogens is 1. The summed E-state index contributed by atoms with van der Waals surface area (Å²) in [4.78, 5) is 23.0. The Labute approximate surface area is 336 Å². The maximum atomic E-state index is 12.8. The van der Waals surface area contributed by atoms with Crippen LogP contribution in [0.15, 0.2) is 0 Å². The molecule has 3 N–H and O–H groups in total. The first kappa shape index (κ1) is 53.5. The number of aliphatic hydroxyl groups is 1. The van der Waals surface area contributed by atoms with E-state index in [9.17, 15) is 19.4 Å². The van der Waals surface area contributed by atoms with E-state index in [-0.39, 0.29) is 19.1 Å². The van der Waals surface area contributed by atoms with Crippen LogP contribution in [-0.2, 0) is 18.4 Å². The second-order valence-corrected chi connectivity index (χ2v) is 19.0. The molecule has 0 aromatic heterocycles. The fourth-order valence-corrected chi connectivity index (χ4v) is 7.84. The maximum absolute atomic E-state index is 12.8. The van der Waals surface area contributed by atoms with Crippen molar-refractivity contribution in [3.05, 3.63) is 0 Å². The second kappa shape index (κ2) is 38.0. The highest BCUT2D eigenvalue weighted by molar-refractivity contribution is 7.47. The number of likely N-dealkylation sites (N-methyl/N-ethyl adjacent to an activating group) is 1. The van der Waals surface area contributed by atoms with E-state index in [2.05, 4.69) is 19.2 Å². The summed E-state index contributed by atoms with van der Waals surface area (Å²) < 4.78 is 23.5.